The highest BCUT2D eigenvalue weighted by molar-refractivity contribution is 6.35. The summed E-state index contributed by atoms with van der Waals surface area (Å²) < 4.78 is 11.8. The number of hydrogen-bond donors (Lipinski definition) is 1. The van der Waals surface area contributed by atoms with Gasteiger partial charge in [-0.15, -0.1) is 0 Å². The van der Waals surface area contributed by atoms with Gasteiger partial charge in [0.2, 0.25) is 5.95 Å². The van der Waals surface area contributed by atoms with Crippen molar-refractivity contribution in [1.29, 1.82) is 0 Å². The molecule has 1 aliphatic heterocycles. The normalized spacial score (nSPS) is 15.7. The number of anilines is 1. The molecule has 1 N–H and O–H groups in total. The number of hydrogen-bond acceptors (Lipinski definition) is 8. The summed E-state index contributed by atoms with van der Waals surface area (Å²) in [6, 6.07) is 3.74. The Kier molecular flexibility index (Phi) is 6.40. The molecule has 1 atom stereocenters. The summed E-state index contributed by atoms with van der Waals surface area (Å²) in [5.41, 5.74) is 3.11. The third-order valence-electron chi connectivity index (χ3n) is 6.78. The lowest BCUT2D eigenvalue weighted by molar-refractivity contribution is 0.132. The molecule has 4 aromatic rings. The Morgan fingerprint density at radius 3 is 2.33 bits per heavy atom. The van der Waals surface area contributed by atoms with Gasteiger partial charge in [0.05, 0.1) is 28.2 Å². The molecule has 1 saturated heterocycles. The van der Waals surface area contributed by atoms with Gasteiger partial charge < -0.3 is 19.3 Å². The molecule has 1 aromatic carbocycles. The Morgan fingerprint density at radius 2 is 1.72 bits per heavy atom. The molecule has 4 heterocycles. The Morgan fingerprint density at radius 1 is 1.06 bits per heavy atom. The van der Waals surface area contributed by atoms with Crippen LogP contribution in [0.4, 0.5) is 5.95 Å². The lowest BCUT2D eigenvalue weighted by atomic mass is 9.91. The summed E-state index contributed by atoms with van der Waals surface area (Å²) in [6.45, 7) is 5.87. The fourth-order valence-corrected chi connectivity index (χ4v) is 5.03. The van der Waals surface area contributed by atoms with E-state index in [9.17, 15) is 0 Å². The first-order valence-electron chi connectivity index (χ1n) is 11.5. The van der Waals surface area contributed by atoms with Crippen LogP contribution in [0.2, 0.25) is 10.0 Å². The van der Waals surface area contributed by atoms with Crippen LogP contribution in [-0.2, 0) is 0 Å². The minimum Gasteiger partial charge on any atom is -0.493 e. The van der Waals surface area contributed by atoms with Gasteiger partial charge in [-0.2, -0.15) is 5.10 Å². The van der Waals surface area contributed by atoms with Crippen LogP contribution in [0.3, 0.4) is 0 Å². The molecule has 0 amide bonds. The Bertz CT molecular complexity index is 1380. The van der Waals surface area contributed by atoms with Gasteiger partial charge in [-0.25, -0.2) is 9.97 Å². The summed E-state index contributed by atoms with van der Waals surface area (Å²) in [4.78, 5) is 17.6. The zero-order valence-corrected chi connectivity index (χ0v) is 22.2. The van der Waals surface area contributed by atoms with Gasteiger partial charge in [-0.1, -0.05) is 23.2 Å². The van der Waals surface area contributed by atoms with Crippen LogP contribution in [0.5, 0.6) is 11.5 Å². The molecule has 5 rings (SSSR count). The van der Waals surface area contributed by atoms with Crippen molar-refractivity contribution in [2.75, 3.05) is 39.2 Å². The number of benzene rings is 1. The predicted molar refractivity (Wildman–Crippen MR) is 141 cm³/mol. The first-order valence-corrected chi connectivity index (χ1v) is 12.2. The molecule has 11 heteroatoms. The number of rotatable bonds is 7. The van der Waals surface area contributed by atoms with E-state index < -0.39 is 6.10 Å². The maximum atomic E-state index is 6.33. The maximum Gasteiger partial charge on any atom is 0.225 e. The van der Waals surface area contributed by atoms with Crippen LogP contribution in [-0.4, -0.2) is 69.9 Å². The highest BCUT2D eigenvalue weighted by Crippen LogP contribution is 2.40. The Balaban J connectivity index is 1.43. The largest absolute Gasteiger partial charge is 0.493 e. The summed E-state index contributed by atoms with van der Waals surface area (Å²) >= 11 is 12.7. The number of ether oxygens (including phenoxy) is 2. The summed E-state index contributed by atoms with van der Waals surface area (Å²) in [7, 11) is 5.78. The SMILES string of the molecule is COc1cc2[nH]nc(-c3cnc(N4CC(C)(N(C)C)C4)nc3)c2cc1O[C@H](C)c1c(Cl)cncc1Cl. The highest BCUT2D eigenvalue weighted by atomic mass is 35.5. The highest BCUT2D eigenvalue weighted by Gasteiger charge is 2.41. The molecule has 1 fully saturated rings. The number of nitrogens with zero attached hydrogens (tertiary/aromatic N) is 6. The molecule has 0 bridgehead atoms. The van der Waals surface area contributed by atoms with E-state index in [4.69, 9.17) is 32.7 Å². The molecule has 0 aliphatic carbocycles. The van der Waals surface area contributed by atoms with Gasteiger partial charge in [0.15, 0.2) is 11.5 Å². The molecule has 0 radical (unpaired) electrons. The molecule has 3 aromatic heterocycles. The number of pyridine rings is 1. The van der Waals surface area contributed by atoms with E-state index in [2.05, 4.69) is 56.0 Å². The van der Waals surface area contributed by atoms with Gasteiger partial charge in [-0.3, -0.25) is 10.1 Å². The van der Waals surface area contributed by atoms with E-state index in [0.29, 0.717) is 33.1 Å². The van der Waals surface area contributed by atoms with E-state index in [1.54, 1.807) is 31.9 Å². The van der Waals surface area contributed by atoms with Crippen LogP contribution < -0.4 is 14.4 Å². The molecule has 9 nitrogen and oxygen atoms in total. The van der Waals surface area contributed by atoms with Crippen molar-refractivity contribution in [3.63, 3.8) is 0 Å². The molecular weight excluding hydrogens is 501 g/mol. The third-order valence-corrected chi connectivity index (χ3v) is 7.39. The fourth-order valence-electron chi connectivity index (χ4n) is 4.36. The first-order chi connectivity index (χ1) is 17.2. The Hall–Kier alpha value is -3.14. The zero-order valence-electron chi connectivity index (χ0n) is 20.7. The van der Waals surface area contributed by atoms with Crippen LogP contribution in [0.15, 0.2) is 36.9 Å². The predicted octanol–water partition coefficient (Wildman–Crippen LogP) is 5.01. The zero-order chi connectivity index (χ0) is 25.6. The second kappa shape index (κ2) is 9.38. The van der Waals surface area contributed by atoms with Crippen molar-refractivity contribution < 1.29 is 9.47 Å². The quantitative estimate of drug-likeness (QED) is 0.358. The van der Waals surface area contributed by atoms with Crippen molar-refractivity contribution in [2.24, 2.45) is 0 Å². The minimum absolute atomic E-state index is 0.137. The molecule has 0 spiro atoms. The molecule has 0 saturated carbocycles. The van der Waals surface area contributed by atoms with Crippen LogP contribution in [0, 0.1) is 0 Å². The number of aromatic nitrogens is 5. The van der Waals surface area contributed by atoms with Crippen LogP contribution >= 0.6 is 23.2 Å². The summed E-state index contributed by atoms with van der Waals surface area (Å²) in [5.74, 6) is 1.80. The molecular formula is C25H27Cl2N7O2. The molecule has 1 aliphatic rings. The molecule has 188 valence electrons. The van der Waals surface area contributed by atoms with Crippen molar-refractivity contribution in [3.05, 3.63) is 52.5 Å². The number of fused-ring (bicyclic) bond motifs is 1. The van der Waals surface area contributed by atoms with E-state index in [0.717, 1.165) is 35.2 Å². The molecule has 36 heavy (non-hydrogen) atoms. The van der Waals surface area contributed by atoms with Gasteiger partial charge in [0, 0.05) is 60.5 Å². The minimum atomic E-state index is -0.443. The van der Waals surface area contributed by atoms with E-state index in [1.165, 1.54) is 0 Å². The topological polar surface area (TPSA) is 92.3 Å². The summed E-state index contributed by atoms with van der Waals surface area (Å²) in [6.07, 6.45) is 6.24. The lowest BCUT2D eigenvalue weighted by Crippen LogP contribution is -2.67. The molecule has 0 unspecified atom stereocenters. The fraction of sp³-hybridized carbons (Fsp3) is 0.360. The number of aromatic amines is 1. The summed E-state index contributed by atoms with van der Waals surface area (Å²) in [5, 5.41) is 9.30. The lowest BCUT2D eigenvalue weighted by Gasteiger charge is -2.51. The van der Waals surface area contributed by atoms with Gasteiger partial charge in [0.25, 0.3) is 0 Å². The van der Waals surface area contributed by atoms with E-state index in [1.807, 2.05) is 19.1 Å². The number of nitrogens with one attached hydrogen (secondary N) is 1. The average molecular weight is 528 g/mol. The van der Waals surface area contributed by atoms with Crippen LogP contribution in [0.1, 0.15) is 25.5 Å². The van der Waals surface area contributed by atoms with Crippen molar-refractivity contribution in [1.82, 2.24) is 30.0 Å². The average Bonchev–Trinajstić information content (AvgIpc) is 3.24. The standard InChI is InChI=1S/C25H27Cl2N7O2/c1-14(22-17(26)10-28-11-18(22)27)36-21-6-16-19(7-20(21)35-5)31-32-23(16)15-8-29-24(30-9-15)34-12-25(2,13-34)33(3)4/h6-11,14H,12-13H2,1-5H3,(H,31,32)/t14-/m1/s1. The Labute approximate surface area is 219 Å². The third kappa shape index (κ3) is 4.31. The second-order valence-corrected chi connectivity index (χ2v) is 10.2. The van der Waals surface area contributed by atoms with E-state index >= 15 is 0 Å². The smallest absolute Gasteiger partial charge is 0.225 e. The first kappa shape index (κ1) is 24.5. The number of halogens is 2. The number of H-pyrrole nitrogens is 1. The van der Waals surface area contributed by atoms with Crippen LogP contribution in [0.25, 0.3) is 22.2 Å². The van der Waals surface area contributed by atoms with Gasteiger partial charge >= 0.3 is 0 Å². The monoisotopic (exact) mass is 527 g/mol. The second-order valence-electron chi connectivity index (χ2n) is 9.42. The maximum absolute atomic E-state index is 6.33. The van der Waals surface area contributed by atoms with Crippen molar-refractivity contribution in [2.45, 2.75) is 25.5 Å². The van der Waals surface area contributed by atoms with Gasteiger partial charge in [-0.05, 0) is 34.0 Å². The number of likely N-dealkylation sites (N-methyl/N-ethyl adjacent to an activating group) is 1. The van der Waals surface area contributed by atoms with E-state index in [-0.39, 0.29) is 5.54 Å². The van der Waals surface area contributed by atoms with Crippen molar-refractivity contribution >= 4 is 40.1 Å². The van der Waals surface area contributed by atoms with Crippen molar-refractivity contribution in [3.8, 4) is 22.8 Å². The number of methoxy groups -OCH3 is 1. The van der Waals surface area contributed by atoms with Gasteiger partial charge in [0.1, 0.15) is 11.8 Å².